The highest BCUT2D eigenvalue weighted by Crippen LogP contribution is 2.24. The van der Waals surface area contributed by atoms with E-state index in [1.807, 2.05) is 36.5 Å². The Kier molecular flexibility index (Phi) is 4.48. The number of nitrogens with one attached hydrogen (secondary N) is 1. The lowest BCUT2D eigenvalue weighted by Gasteiger charge is -2.29. The molecule has 0 saturated carbocycles. The molecule has 1 unspecified atom stereocenters. The van der Waals surface area contributed by atoms with E-state index in [4.69, 9.17) is 0 Å². The van der Waals surface area contributed by atoms with Gasteiger partial charge in [0.2, 0.25) is 0 Å². The number of hydrogen-bond donors (Lipinski definition) is 1. The average molecular weight is 355 g/mol. The highest BCUT2D eigenvalue weighted by Gasteiger charge is 2.35. The number of fused-ring (bicyclic) bond motifs is 1. The van der Waals surface area contributed by atoms with E-state index in [2.05, 4.69) is 4.98 Å². The molecule has 3 rings (SSSR count). The van der Waals surface area contributed by atoms with Crippen LogP contribution < -0.4 is 0 Å². The Morgan fingerprint density at radius 3 is 2.78 bits per heavy atom. The molecule has 1 fully saturated rings. The minimum atomic E-state index is -3.02. The number of H-pyrrole nitrogens is 1. The van der Waals surface area contributed by atoms with Gasteiger partial charge < -0.3 is 14.8 Å². The maximum absolute atomic E-state index is 12.9. The molecule has 0 radical (unpaired) electrons. The molecule has 1 amide bonds. The summed E-state index contributed by atoms with van der Waals surface area (Å²) in [6.45, 7) is 1.23. The van der Waals surface area contributed by atoms with Crippen molar-refractivity contribution in [3.8, 4) is 0 Å². The fourth-order valence-electron chi connectivity index (χ4n) is 2.90. The van der Waals surface area contributed by atoms with Gasteiger partial charge in [0, 0.05) is 19.1 Å². The molecule has 23 heavy (non-hydrogen) atoms. The highest BCUT2D eigenvalue weighted by molar-refractivity contribution is 7.91. The normalized spacial score (nSPS) is 20.4. The predicted molar refractivity (Wildman–Crippen MR) is 92.8 cm³/mol. The molecule has 2 aromatic rings. The second-order valence-electron chi connectivity index (χ2n) is 6.24. The van der Waals surface area contributed by atoms with E-state index in [-0.39, 0.29) is 23.5 Å². The molecule has 6 nitrogen and oxygen atoms in total. The molecular formula is C15H21N3O3S2. The largest absolute Gasteiger partial charge is 0.350 e. The van der Waals surface area contributed by atoms with Crippen molar-refractivity contribution < 1.29 is 13.2 Å². The Morgan fingerprint density at radius 2 is 2.17 bits per heavy atom. The molecule has 3 heterocycles. The van der Waals surface area contributed by atoms with Gasteiger partial charge in [-0.2, -0.15) is 0 Å². The van der Waals surface area contributed by atoms with Crippen molar-refractivity contribution in [2.24, 2.45) is 0 Å². The topological polar surface area (TPSA) is 73.5 Å². The van der Waals surface area contributed by atoms with Gasteiger partial charge in [0.25, 0.3) is 5.91 Å². The van der Waals surface area contributed by atoms with Gasteiger partial charge in [-0.1, -0.05) is 0 Å². The first kappa shape index (κ1) is 16.5. The molecule has 1 aliphatic heterocycles. The van der Waals surface area contributed by atoms with Crippen molar-refractivity contribution in [1.82, 2.24) is 14.8 Å². The van der Waals surface area contributed by atoms with Crippen LogP contribution in [-0.4, -0.2) is 73.8 Å². The van der Waals surface area contributed by atoms with Gasteiger partial charge in [-0.3, -0.25) is 4.79 Å². The third-order valence-electron chi connectivity index (χ3n) is 4.17. The first-order valence-electron chi connectivity index (χ1n) is 7.58. The lowest BCUT2D eigenvalue weighted by Crippen LogP contribution is -2.44. The fourth-order valence-corrected chi connectivity index (χ4v) is 5.41. The van der Waals surface area contributed by atoms with E-state index in [0.717, 1.165) is 10.2 Å². The van der Waals surface area contributed by atoms with Crippen LogP contribution in [0.4, 0.5) is 0 Å². The lowest BCUT2D eigenvalue weighted by atomic mass is 10.2. The monoisotopic (exact) mass is 355 g/mol. The zero-order valence-corrected chi connectivity index (χ0v) is 14.9. The van der Waals surface area contributed by atoms with Crippen molar-refractivity contribution in [2.75, 3.05) is 38.7 Å². The Morgan fingerprint density at radius 1 is 1.39 bits per heavy atom. The molecule has 0 aliphatic carbocycles. The lowest BCUT2D eigenvalue weighted by molar-refractivity contribution is 0.0678. The number of hydrogen-bond acceptors (Lipinski definition) is 5. The number of rotatable bonds is 5. The molecule has 126 valence electrons. The smallest absolute Gasteiger partial charge is 0.270 e. The number of sulfone groups is 1. The summed E-state index contributed by atoms with van der Waals surface area (Å²) in [6.07, 6.45) is 0.524. The maximum Gasteiger partial charge on any atom is 0.270 e. The second kappa shape index (κ2) is 6.26. The average Bonchev–Trinajstić information content (AvgIpc) is 3.12. The summed E-state index contributed by atoms with van der Waals surface area (Å²) in [5, 5.41) is 1.97. The predicted octanol–water partition coefficient (Wildman–Crippen LogP) is 1.42. The van der Waals surface area contributed by atoms with Crippen molar-refractivity contribution >= 4 is 37.3 Å². The quantitative estimate of drug-likeness (QED) is 0.880. The van der Waals surface area contributed by atoms with Gasteiger partial charge in [0.1, 0.15) is 5.69 Å². The number of aromatic nitrogens is 1. The Labute approximate surface area is 140 Å². The van der Waals surface area contributed by atoms with E-state index in [9.17, 15) is 13.2 Å². The Hall–Kier alpha value is -1.38. The molecule has 0 aromatic carbocycles. The van der Waals surface area contributed by atoms with Crippen molar-refractivity contribution in [3.63, 3.8) is 0 Å². The van der Waals surface area contributed by atoms with Gasteiger partial charge in [-0.25, -0.2) is 8.42 Å². The summed E-state index contributed by atoms with van der Waals surface area (Å²) >= 11 is 1.58. The van der Waals surface area contributed by atoms with Crippen LogP contribution in [-0.2, 0) is 9.84 Å². The van der Waals surface area contributed by atoms with Crippen molar-refractivity contribution in [1.29, 1.82) is 0 Å². The number of carbonyl (C=O) groups excluding carboxylic acids is 1. The minimum absolute atomic E-state index is 0.0707. The summed E-state index contributed by atoms with van der Waals surface area (Å²) in [5.74, 6) is 0.127. The number of likely N-dealkylation sites (N-methyl/N-ethyl adjacent to an activating group) is 1. The van der Waals surface area contributed by atoms with Crippen LogP contribution in [0.5, 0.6) is 0 Å². The van der Waals surface area contributed by atoms with Crippen LogP contribution in [0.3, 0.4) is 0 Å². The Balaban J connectivity index is 1.84. The van der Waals surface area contributed by atoms with Crippen molar-refractivity contribution in [3.05, 3.63) is 23.2 Å². The molecular weight excluding hydrogens is 334 g/mol. The van der Waals surface area contributed by atoms with Crippen LogP contribution >= 0.6 is 11.3 Å². The van der Waals surface area contributed by atoms with Gasteiger partial charge in [0.05, 0.1) is 21.7 Å². The van der Waals surface area contributed by atoms with Gasteiger partial charge in [-0.05, 0) is 38.0 Å². The van der Waals surface area contributed by atoms with Crippen LogP contribution in [0.15, 0.2) is 17.5 Å². The summed E-state index contributed by atoms with van der Waals surface area (Å²) in [7, 11) is 0.862. The summed E-state index contributed by atoms with van der Waals surface area (Å²) in [4.78, 5) is 19.8. The Bertz CT molecular complexity index is 778. The molecule has 1 N–H and O–H groups in total. The van der Waals surface area contributed by atoms with Gasteiger partial charge >= 0.3 is 0 Å². The molecule has 0 spiro atoms. The SMILES string of the molecule is CN(C)CCN(C(=O)c1cc2sccc2[nH]1)C1CCS(=O)(=O)C1. The fraction of sp³-hybridized carbons (Fsp3) is 0.533. The van der Waals surface area contributed by atoms with Gasteiger partial charge in [0.15, 0.2) is 9.84 Å². The number of carbonyl (C=O) groups is 1. The third-order valence-corrected chi connectivity index (χ3v) is 6.78. The zero-order chi connectivity index (χ0) is 16.6. The van der Waals surface area contributed by atoms with E-state index < -0.39 is 9.84 Å². The van der Waals surface area contributed by atoms with Crippen LogP contribution in [0.25, 0.3) is 10.2 Å². The zero-order valence-electron chi connectivity index (χ0n) is 13.3. The maximum atomic E-state index is 12.9. The minimum Gasteiger partial charge on any atom is -0.350 e. The van der Waals surface area contributed by atoms with E-state index in [1.54, 1.807) is 16.2 Å². The molecule has 1 aliphatic rings. The highest BCUT2D eigenvalue weighted by atomic mass is 32.2. The van der Waals surface area contributed by atoms with Gasteiger partial charge in [-0.15, -0.1) is 11.3 Å². The van der Waals surface area contributed by atoms with Crippen LogP contribution in [0, 0.1) is 0 Å². The standard InChI is InChI=1S/C15H21N3O3S2/c1-17(2)5-6-18(11-4-8-23(20,21)10-11)15(19)13-9-14-12(16-13)3-7-22-14/h3,7,9,11,16H,4-6,8,10H2,1-2H3. The first-order valence-corrected chi connectivity index (χ1v) is 10.3. The molecule has 8 heteroatoms. The molecule has 1 saturated heterocycles. The first-order chi connectivity index (χ1) is 10.9. The summed E-state index contributed by atoms with van der Waals surface area (Å²) < 4.78 is 24.6. The molecule has 0 bridgehead atoms. The number of amides is 1. The van der Waals surface area contributed by atoms with E-state index >= 15 is 0 Å². The summed E-state index contributed by atoms with van der Waals surface area (Å²) in [6, 6.07) is 3.57. The van der Waals surface area contributed by atoms with E-state index in [0.29, 0.717) is 25.2 Å². The van der Waals surface area contributed by atoms with Crippen LogP contribution in [0.1, 0.15) is 16.9 Å². The molecule has 1 atom stereocenters. The molecule has 2 aromatic heterocycles. The second-order valence-corrected chi connectivity index (χ2v) is 9.42. The van der Waals surface area contributed by atoms with E-state index in [1.165, 1.54) is 0 Å². The number of aromatic amines is 1. The number of thiophene rings is 1. The van der Waals surface area contributed by atoms with Crippen LogP contribution in [0.2, 0.25) is 0 Å². The number of nitrogens with zero attached hydrogens (tertiary/aromatic N) is 2. The third kappa shape index (κ3) is 3.59. The summed E-state index contributed by atoms with van der Waals surface area (Å²) in [5.41, 5.74) is 1.49. The van der Waals surface area contributed by atoms with Crippen molar-refractivity contribution in [2.45, 2.75) is 12.5 Å².